The fourth-order valence-electron chi connectivity index (χ4n) is 2.93. The van der Waals surface area contributed by atoms with Crippen molar-refractivity contribution in [2.75, 3.05) is 18.6 Å². The molecular weight excluding hydrogens is 336 g/mol. The molecule has 0 aliphatic rings. The first-order valence-corrected chi connectivity index (χ1v) is 10.4. The SMILES string of the molecule is Cc1cc(OCCCS(C)(=O)=O)cc(C)c1-c1cccc([C@@H](C)O)c1. The van der Waals surface area contributed by atoms with Gasteiger partial charge in [0.1, 0.15) is 15.6 Å². The van der Waals surface area contributed by atoms with Gasteiger partial charge in [0, 0.05) is 6.26 Å². The highest BCUT2D eigenvalue weighted by Crippen LogP contribution is 2.32. The first-order valence-electron chi connectivity index (χ1n) is 8.37. The van der Waals surface area contributed by atoms with Crippen LogP contribution in [0.5, 0.6) is 5.75 Å². The summed E-state index contributed by atoms with van der Waals surface area (Å²) in [6.45, 7) is 6.19. The number of ether oxygens (including phenoxy) is 1. The summed E-state index contributed by atoms with van der Waals surface area (Å²) in [5, 5.41) is 9.79. The van der Waals surface area contributed by atoms with Crippen LogP contribution in [-0.2, 0) is 9.84 Å². The molecule has 2 aromatic carbocycles. The van der Waals surface area contributed by atoms with E-state index < -0.39 is 15.9 Å². The molecule has 5 heteroatoms. The third-order valence-corrected chi connectivity index (χ3v) is 5.12. The molecule has 4 nitrogen and oxygen atoms in total. The second-order valence-electron chi connectivity index (χ2n) is 6.57. The number of hydrogen-bond acceptors (Lipinski definition) is 4. The number of aliphatic hydroxyl groups is 1. The van der Waals surface area contributed by atoms with Crippen LogP contribution in [0.4, 0.5) is 0 Å². The lowest BCUT2D eigenvalue weighted by Gasteiger charge is -2.15. The van der Waals surface area contributed by atoms with Crippen LogP contribution < -0.4 is 4.74 Å². The van der Waals surface area contributed by atoms with Crippen molar-refractivity contribution in [2.45, 2.75) is 33.3 Å². The molecule has 25 heavy (non-hydrogen) atoms. The average molecular weight is 362 g/mol. The fraction of sp³-hybridized carbons (Fsp3) is 0.400. The van der Waals surface area contributed by atoms with Gasteiger partial charge in [-0.2, -0.15) is 0 Å². The Hall–Kier alpha value is -1.85. The molecule has 0 spiro atoms. The third-order valence-electron chi connectivity index (χ3n) is 4.09. The highest BCUT2D eigenvalue weighted by atomic mass is 32.2. The van der Waals surface area contributed by atoms with Crippen LogP contribution in [0, 0.1) is 13.8 Å². The number of sulfone groups is 1. The van der Waals surface area contributed by atoms with E-state index in [1.807, 2.05) is 50.2 Å². The molecule has 2 aromatic rings. The molecule has 0 aliphatic heterocycles. The van der Waals surface area contributed by atoms with Gasteiger partial charge in [0.2, 0.25) is 0 Å². The standard InChI is InChI=1S/C20H26O4S/c1-14-11-19(24-9-6-10-25(4,22)23)12-15(2)20(14)18-8-5-7-17(13-18)16(3)21/h5,7-8,11-13,16,21H,6,9-10H2,1-4H3/t16-/m1/s1. The van der Waals surface area contributed by atoms with Gasteiger partial charge in [0.15, 0.2) is 0 Å². The second-order valence-corrected chi connectivity index (χ2v) is 8.83. The highest BCUT2D eigenvalue weighted by molar-refractivity contribution is 7.90. The van der Waals surface area contributed by atoms with Gasteiger partial charge in [-0.05, 0) is 73.2 Å². The summed E-state index contributed by atoms with van der Waals surface area (Å²) in [6, 6.07) is 11.8. The van der Waals surface area contributed by atoms with Crippen LogP contribution in [0.25, 0.3) is 11.1 Å². The molecule has 0 saturated carbocycles. The van der Waals surface area contributed by atoms with Crippen LogP contribution >= 0.6 is 0 Å². The smallest absolute Gasteiger partial charge is 0.147 e. The monoisotopic (exact) mass is 362 g/mol. The lowest BCUT2D eigenvalue weighted by Crippen LogP contribution is -2.08. The molecule has 0 saturated heterocycles. The number of hydrogen-bond donors (Lipinski definition) is 1. The van der Waals surface area contributed by atoms with E-state index >= 15 is 0 Å². The average Bonchev–Trinajstić information content (AvgIpc) is 2.50. The molecule has 0 aliphatic carbocycles. The van der Waals surface area contributed by atoms with E-state index in [-0.39, 0.29) is 5.75 Å². The Labute approximate surface area is 150 Å². The van der Waals surface area contributed by atoms with Crippen LogP contribution in [0.2, 0.25) is 0 Å². The fourth-order valence-corrected chi connectivity index (χ4v) is 3.57. The quantitative estimate of drug-likeness (QED) is 0.760. The van der Waals surface area contributed by atoms with Gasteiger partial charge in [-0.1, -0.05) is 18.2 Å². The largest absolute Gasteiger partial charge is 0.494 e. The lowest BCUT2D eigenvalue weighted by atomic mass is 9.93. The van der Waals surface area contributed by atoms with E-state index in [1.165, 1.54) is 6.26 Å². The summed E-state index contributed by atoms with van der Waals surface area (Å²) in [4.78, 5) is 0. The van der Waals surface area contributed by atoms with E-state index in [0.29, 0.717) is 13.0 Å². The molecule has 0 unspecified atom stereocenters. The molecule has 0 radical (unpaired) electrons. The van der Waals surface area contributed by atoms with Crippen molar-refractivity contribution in [3.05, 3.63) is 53.1 Å². The molecule has 0 aromatic heterocycles. The summed E-state index contributed by atoms with van der Waals surface area (Å²) < 4.78 is 28.0. The maximum absolute atomic E-state index is 11.2. The number of rotatable bonds is 7. The van der Waals surface area contributed by atoms with Crippen molar-refractivity contribution in [1.82, 2.24) is 0 Å². The molecule has 1 atom stereocenters. The molecule has 1 N–H and O–H groups in total. The van der Waals surface area contributed by atoms with Crippen molar-refractivity contribution in [3.63, 3.8) is 0 Å². The van der Waals surface area contributed by atoms with Gasteiger partial charge >= 0.3 is 0 Å². The third kappa shape index (κ3) is 5.58. The van der Waals surface area contributed by atoms with Crippen LogP contribution in [0.3, 0.4) is 0 Å². The highest BCUT2D eigenvalue weighted by Gasteiger charge is 2.11. The predicted octanol–water partition coefficient (Wildman–Crippen LogP) is 3.84. The van der Waals surface area contributed by atoms with Crippen molar-refractivity contribution in [1.29, 1.82) is 0 Å². The van der Waals surface area contributed by atoms with E-state index in [1.54, 1.807) is 6.92 Å². The minimum absolute atomic E-state index is 0.134. The number of benzene rings is 2. The minimum atomic E-state index is -2.95. The van der Waals surface area contributed by atoms with Gasteiger partial charge < -0.3 is 9.84 Å². The molecule has 0 amide bonds. The normalized spacial score (nSPS) is 12.8. The van der Waals surface area contributed by atoms with Gasteiger partial charge in [-0.3, -0.25) is 0 Å². The number of aryl methyl sites for hydroxylation is 2. The Morgan fingerprint density at radius 3 is 2.32 bits per heavy atom. The Morgan fingerprint density at radius 1 is 1.12 bits per heavy atom. The minimum Gasteiger partial charge on any atom is -0.494 e. The topological polar surface area (TPSA) is 63.6 Å². The van der Waals surface area contributed by atoms with Gasteiger partial charge in [-0.25, -0.2) is 8.42 Å². The summed E-state index contributed by atoms with van der Waals surface area (Å²) in [7, 11) is -2.95. The predicted molar refractivity (Wildman–Crippen MR) is 102 cm³/mol. The van der Waals surface area contributed by atoms with Crippen molar-refractivity contribution < 1.29 is 18.3 Å². The molecule has 136 valence electrons. The lowest BCUT2D eigenvalue weighted by molar-refractivity contribution is 0.199. The Kier molecular flexibility index (Phi) is 6.25. The zero-order valence-corrected chi connectivity index (χ0v) is 16.1. The zero-order chi connectivity index (χ0) is 18.6. The maximum atomic E-state index is 11.2. The van der Waals surface area contributed by atoms with E-state index in [9.17, 15) is 13.5 Å². The Balaban J connectivity index is 2.19. The van der Waals surface area contributed by atoms with Gasteiger partial charge in [-0.15, -0.1) is 0 Å². The van der Waals surface area contributed by atoms with E-state index in [2.05, 4.69) is 0 Å². The molecule has 0 bridgehead atoms. The summed E-state index contributed by atoms with van der Waals surface area (Å²) >= 11 is 0. The number of aliphatic hydroxyl groups excluding tert-OH is 1. The van der Waals surface area contributed by atoms with Gasteiger partial charge in [0.25, 0.3) is 0 Å². The summed E-state index contributed by atoms with van der Waals surface area (Å²) in [5.74, 6) is 0.883. The van der Waals surface area contributed by atoms with Crippen LogP contribution in [0.1, 0.15) is 36.1 Å². The Bertz CT molecular complexity index is 816. The second kappa shape index (κ2) is 8.02. The molecule has 0 fully saturated rings. The molecule has 2 rings (SSSR count). The van der Waals surface area contributed by atoms with E-state index in [0.717, 1.165) is 33.6 Å². The first-order chi connectivity index (χ1) is 11.7. The first kappa shape index (κ1) is 19.5. The van der Waals surface area contributed by atoms with Crippen LogP contribution in [0.15, 0.2) is 36.4 Å². The zero-order valence-electron chi connectivity index (χ0n) is 15.2. The van der Waals surface area contributed by atoms with Crippen molar-refractivity contribution in [2.24, 2.45) is 0 Å². The van der Waals surface area contributed by atoms with Crippen molar-refractivity contribution >= 4 is 9.84 Å². The summed E-state index contributed by atoms with van der Waals surface area (Å²) in [6.07, 6.45) is 1.21. The van der Waals surface area contributed by atoms with E-state index in [4.69, 9.17) is 4.74 Å². The van der Waals surface area contributed by atoms with Crippen LogP contribution in [-0.4, -0.2) is 32.1 Å². The summed E-state index contributed by atoms with van der Waals surface area (Å²) in [5.41, 5.74) is 5.25. The molecular formula is C20H26O4S. The van der Waals surface area contributed by atoms with Crippen molar-refractivity contribution in [3.8, 4) is 16.9 Å². The Morgan fingerprint density at radius 2 is 1.76 bits per heavy atom. The maximum Gasteiger partial charge on any atom is 0.147 e. The van der Waals surface area contributed by atoms with Gasteiger partial charge in [0.05, 0.1) is 18.5 Å². The molecule has 0 heterocycles.